The number of nitrogens with zero attached hydrogens (tertiary/aromatic N) is 1. The van der Waals surface area contributed by atoms with Crippen molar-refractivity contribution >= 4 is 5.57 Å². The van der Waals surface area contributed by atoms with E-state index in [0.29, 0.717) is 17.1 Å². The molecule has 0 aromatic heterocycles. The maximum Gasteiger partial charge on any atom is 0.161 e. The van der Waals surface area contributed by atoms with Crippen LogP contribution in [0.3, 0.4) is 0 Å². The fourth-order valence-corrected chi connectivity index (χ4v) is 1.37. The van der Waals surface area contributed by atoms with Crippen molar-refractivity contribution in [1.29, 1.82) is 5.26 Å². The Balaban J connectivity index is 3.33. The third-order valence-corrected chi connectivity index (χ3v) is 2.19. The molecule has 0 saturated heterocycles. The molecule has 1 rings (SSSR count). The van der Waals surface area contributed by atoms with Gasteiger partial charge in [-0.25, -0.2) is 0 Å². The molecule has 0 bridgehead atoms. The molecule has 3 nitrogen and oxygen atoms in total. The van der Waals surface area contributed by atoms with Gasteiger partial charge < -0.3 is 9.47 Å². The Morgan fingerprint density at radius 1 is 1.27 bits per heavy atom. The Kier molecular flexibility index (Phi) is 3.35. The zero-order valence-electron chi connectivity index (χ0n) is 9.13. The van der Waals surface area contributed by atoms with E-state index in [1.54, 1.807) is 20.3 Å². The van der Waals surface area contributed by atoms with Crippen LogP contribution in [-0.2, 0) is 0 Å². The van der Waals surface area contributed by atoms with E-state index in [1.807, 2.05) is 19.1 Å². The van der Waals surface area contributed by atoms with Crippen molar-refractivity contribution in [2.45, 2.75) is 6.92 Å². The summed E-state index contributed by atoms with van der Waals surface area (Å²) in [6.45, 7) is 5.58. The average molecular weight is 203 g/mol. The number of methoxy groups -OCH3 is 2. The van der Waals surface area contributed by atoms with E-state index in [1.165, 1.54) is 0 Å². The summed E-state index contributed by atoms with van der Waals surface area (Å²) in [7, 11) is 3.14. The second kappa shape index (κ2) is 4.52. The molecule has 0 unspecified atom stereocenters. The highest BCUT2D eigenvalue weighted by Crippen LogP contribution is 2.32. The van der Waals surface area contributed by atoms with Gasteiger partial charge in [0, 0.05) is 0 Å². The van der Waals surface area contributed by atoms with E-state index in [-0.39, 0.29) is 0 Å². The van der Waals surface area contributed by atoms with Crippen LogP contribution >= 0.6 is 0 Å². The lowest BCUT2D eigenvalue weighted by Gasteiger charge is -2.11. The molecule has 0 aliphatic heterocycles. The zero-order valence-corrected chi connectivity index (χ0v) is 9.13. The van der Waals surface area contributed by atoms with E-state index in [2.05, 4.69) is 6.58 Å². The first-order valence-corrected chi connectivity index (χ1v) is 4.46. The second-order valence-electron chi connectivity index (χ2n) is 3.11. The van der Waals surface area contributed by atoms with Crippen LogP contribution in [0.2, 0.25) is 0 Å². The third-order valence-electron chi connectivity index (χ3n) is 2.19. The largest absolute Gasteiger partial charge is 0.493 e. The summed E-state index contributed by atoms with van der Waals surface area (Å²) >= 11 is 0. The van der Waals surface area contributed by atoms with Gasteiger partial charge in [0.15, 0.2) is 11.5 Å². The molecule has 0 fully saturated rings. The van der Waals surface area contributed by atoms with Crippen molar-refractivity contribution in [3.63, 3.8) is 0 Å². The molecule has 0 aliphatic rings. The van der Waals surface area contributed by atoms with Crippen LogP contribution in [0.25, 0.3) is 5.57 Å². The SMILES string of the molecule is C=C(C#N)c1cc(OC)c(OC)cc1C. The molecule has 0 spiro atoms. The number of hydrogen-bond acceptors (Lipinski definition) is 3. The first kappa shape index (κ1) is 11.1. The Morgan fingerprint density at radius 3 is 2.27 bits per heavy atom. The summed E-state index contributed by atoms with van der Waals surface area (Å²) in [6, 6.07) is 5.61. The Morgan fingerprint density at radius 2 is 1.80 bits per heavy atom. The minimum absolute atomic E-state index is 0.424. The molecule has 0 N–H and O–H groups in total. The minimum atomic E-state index is 0.424. The molecule has 1 aromatic carbocycles. The van der Waals surface area contributed by atoms with Gasteiger partial charge in [0.25, 0.3) is 0 Å². The Hall–Kier alpha value is -1.95. The lowest BCUT2D eigenvalue weighted by molar-refractivity contribution is 0.354. The Bertz CT molecular complexity index is 430. The monoisotopic (exact) mass is 203 g/mol. The summed E-state index contributed by atoms with van der Waals surface area (Å²) in [6.07, 6.45) is 0. The smallest absolute Gasteiger partial charge is 0.161 e. The van der Waals surface area contributed by atoms with Gasteiger partial charge in [-0.3, -0.25) is 0 Å². The standard InChI is InChI=1S/C12H13NO2/c1-8-5-11(14-3)12(15-4)6-10(8)9(2)7-13/h5-6H,2H2,1,3-4H3. The van der Waals surface area contributed by atoms with E-state index >= 15 is 0 Å². The first-order chi connectivity index (χ1) is 7.13. The molecule has 0 aliphatic carbocycles. The fourth-order valence-electron chi connectivity index (χ4n) is 1.37. The quantitative estimate of drug-likeness (QED) is 0.709. The third kappa shape index (κ3) is 2.10. The minimum Gasteiger partial charge on any atom is -0.493 e. The molecule has 0 heterocycles. The number of allylic oxidation sites excluding steroid dienone is 1. The van der Waals surface area contributed by atoms with Gasteiger partial charge in [-0.15, -0.1) is 0 Å². The molecule has 3 heteroatoms. The number of benzene rings is 1. The van der Waals surface area contributed by atoms with Crippen molar-refractivity contribution in [2.75, 3.05) is 14.2 Å². The van der Waals surface area contributed by atoms with Crippen molar-refractivity contribution < 1.29 is 9.47 Å². The van der Waals surface area contributed by atoms with Crippen LogP contribution in [0.4, 0.5) is 0 Å². The molecule has 15 heavy (non-hydrogen) atoms. The molecule has 0 amide bonds. The molecular formula is C12H13NO2. The molecule has 0 atom stereocenters. The molecule has 1 aromatic rings. The van der Waals surface area contributed by atoms with Gasteiger partial charge in [-0.05, 0) is 30.2 Å². The summed E-state index contributed by atoms with van der Waals surface area (Å²) in [5.74, 6) is 1.26. The van der Waals surface area contributed by atoms with Crippen molar-refractivity contribution in [1.82, 2.24) is 0 Å². The predicted molar refractivity (Wildman–Crippen MR) is 58.9 cm³/mol. The lowest BCUT2D eigenvalue weighted by Crippen LogP contribution is -1.94. The number of aryl methyl sites for hydroxylation is 1. The molecular weight excluding hydrogens is 190 g/mol. The van der Waals surface area contributed by atoms with Gasteiger partial charge >= 0.3 is 0 Å². The Labute approximate surface area is 89.6 Å². The van der Waals surface area contributed by atoms with Crippen molar-refractivity contribution in [2.24, 2.45) is 0 Å². The first-order valence-electron chi connectivity index (χ1n) is 4.46. The van der Waals surface area contributed by atoms with Crippen LogP contribution in [0.1, 0.15) is 11.1 Å². The second-order valence-corrected chi connectivity index (χ2v) is 3.11. The normalized spacial score (nSPS) is 9.20. The zero-order chi connectivity index (χ0) is 11.4. The molecule has 0 saturated carbocycles. The number of ether oxygens (including phenoxy) is 2. The number of nitriles is 1. The van der Waals surface area contributed by atoms with Crippen LogP contribution in [-0.4, -0.2) is 14.2 Å². The van der Waals surface area contributed by atoms with Crippen LogP contribution in [0.15, 0.2) is 18.7 Å². The van der Waals surface area contributed by atoms with Crippen LogP contribution in [0.5, 0.6) is 11.5 Å². The van der Waals surface area contributed by atoms with E-state index < -0.39 is 0 Å². The van der Waals surface area contributed by atoms with Gasteiger partial charge in [-0.1, -0.05) is 6.58 Å². The molecule has 0 radical (unpaired) electrons. The topological polar surface area (TPSA) is 42.2 Å². The highest BCUT2D eigenvalue weighted by Gasteiger charge is 2.10. The summed E-state index contributed by atoms with van der Waals surface area (Å²) < 4.78 is 10.3. The van der Waals surface area contributed by atoms with Gasteiger partial charge in [0.05, 0.1) is 25.9 Å². The van der Waals surface area contributed by atoms with Crippen molar-refractivity contribution in [3.8, 4) is 17.6 Å². The average Bonchev–Trinajstić information content (AvgIpc) is 2.27. The van der Waals surface area contributed by atoms with Gasteiger partial charge in [0.1, 0.15) is 0 Å². The van der Waals surface area contributed by atoms with Crippen LogP contribution in [0, 0.1) is 18.3 Å². The number of rotatable bonds is 3. The van der Waals surface area contributed by atoms with E-state index in [0.717, 1.165) is 11.1 Å². The van der Waals surface area contributed by atoms with Gasteiger partial charge in [-0.2, -0.15) is 5.26 Å². The summed E-state index contributed by atoms with van der Waals surface area (Å²) in [5.41, 5.74) is 2.16. The number of hydrogen-bond donors (Lipinski definition) is 0. The summed E-state index contributed by atoms with van der Waals surface area (Å²) in [4.78, 5) is 0. The fraction of sp³-hybridized carbons (Fsp3) is 0.250. The van der Waals surface area contributed by atoms with E-state index in [4.69, 9.17) is 14.7 Å². The van der Waals surface area contributed by atoms with Crippen LogP contribution < -0.4 is 9.47 Å². The highest BCUT2D eigenvalue weighted by atomic mass is 16.5. The lowest BCUT2D eigenvalue weighted by atomic mass is 10.0. The maximum atomic E-state index is 8.78. The van der Waals surface area contributed by atoms with E-state index in [9.17, 15) is 0 Å². The summed E-state index contributed by atoms with van der Waals surface area (Å²) in [5, 5.41) is 8.78. The van der Waals surface area contributed by atoms with Crippen molar-refractivity contribution in [3.05, 3.63) is 29.8 Å². The maximum absolute atomic E-state index is 8.78. The predicted octanol–water partition coefficient (Wildman–Crippen LogP) is 2.55. The van der Waals surface area contributed by atoms with Gasteiger partial charge in [0.2, 0.25) is 0 Å². The molecule has 78 valence electrons. The highest BCUT2D eigenvalue weighted by molar-refractivity contribution is 5.78.